The third kappa shape index (κ3) is 7.50. The Kier molecular flexibility index (Phi) is 10.7. The smallest absolute Gasteiger partial charge is 0.408 e. The van der Waals surface area contributed by atoms with E-state index in [1.54, 1.807) is 58.0 Å². The zero-order chi connectivity index (χ0) is 33.6. The highest BCUT2D eigenvalue weighted by atomic mass is 16.6. The number of esters is 1. The molecule has 0 bridgehead atoms. The Morgan fingerprint density at radius 3 is 2.35 bits per heavy atom. The minimum atomic E-state index is -1.10. The lowest BCUT2D eigenvalue weighted by Crippen LogP contribution is -2.46. The molecule has 1 amide bonds. The van der Waals surface area contributed by atoms with Crippen LogP contribution in [0.4, 0.5) is 4.79 Å². The number of rotatable bonds is 11. The molecular weight excluding hydrogens is 600 g/mol. The molecule has 46 heavy (non-hydrogen) atoms. The summed E-state index contributed by atoms with van der Waals surface area (Å²) in [6.07, 6.45) is 2.08. The van der Waals surface area contributed by atoms with Gasteiger partial charge in [-0.3, -0.25) is 4.79 Å². The van der Waals surface area contributed by atoms with Gasteiger partial charge in [0.25, 0.3) is 0 Å². The van der Waals surface area contributed by atoms with Crippen LogP contribution in [0.2, 0.25) is 0 Å². The number of ether oxygens (including phenoxy) is 7. The van der Waals surface area contributed by atoms with Crippen molar-refractivity contribution in [3.05, 3.63) is 57.5 Å². The summed E-state index contributed by atoms with van der Waals surface area (Å²) in [6, 6.07) is 5.41. The third-order valence-electron chi connectivity index (χ3n) is 7.28. The molecule has 4 rings (SSSR count). The monoisotopic (exact) mass is 640 g/mol. The van der Waals surface area contributed by atoms with Crippen LogP contribution in [0.25, 0.3) is 11.1 Å². The number of hydrogen-bond acceptors (Lipinski definition) is 12. The predicted octanol–water partition coefficient (Wildman–Crippen LogP) is 3.46. The number of amides is 1. The first-order valence-corrected chi connectivity index (χ1v) is 14.5. The molecule has 0 spiro atoms. The van der Waals surface area contributed by atoms with Crippen LogP contribution in [-0.2, 0) is 32.0 Å². The van der Waals surface area contributed by atoms with Crippen molar-refractivity contribution in [2.75, 3.05) is 42.2 Å². The van der Waals surface area contributed by atoms with Crippen LogP contribution in [-0.4, -0.2) is 80.9 Å². The number of nitrogens with zero attached hydrogens (tertiary/aromatic N) is 3. The Hall–Kier alpha value is -4.85. The van der Waals surface area contributed by atoms with E-state index in [1.165, 1.54) is 21.3 Å². The number of fused-ring (bicyclic) bond motifs is 3. The fourth-order valence-corrected chi connectivity index (χ4v) is 5.30. The molecule has 3 aromatic rings. The van der Waals surface area contributed by atoms with Crippen LogP contribution >= 0.6 is 0 Å². The number of carbonyl (C=O) groups is 2. The first kappa shape index (κ1) is 34.0. The van der Waals surface area contributed by atoms with Crippen molar-refractivity contribution in [1.82, 2.24) is 20.3 Å². The van der Waals surface area contributed by atoms with E-state index in [1.807, 2.05) is 12.1 Å². The average molecular weight is 641 g/mol. The van der Waals surface area contributed by atoms with Crippen molar-refractivity contribution in [2.24, 2.45) is 0 Å². The van der Waals surface area contributed by atoms with Gasteiger partial charge in [-0.1, -0.05) is 11.3 Å². The van der Waals surface area contributed by atoms with E-state index in [0.29, 0.717) is 41.3 Å². The quantitative estimate of drug-likeness (QED) is 0.305. The lowest BCUT2D eigenvalue weighted by atomic mass is 9.95. The van der Waals surface area contributed by atoms with Gasteiger partial charge in [0.15, 0.2) is 23.3 Å². The van der Waals surface area contributed by atoms with Gasteiger partial charge in [-0.15, -0.1) is 5.10 Å². The lowest BCUT2D eigenvalue weighted by molar-refractivity contribution is -0.145. The molecule has 248 valence electrons. The van der Waals surface area contributed by atoms with Crippen molar-refractivity contribution >= 4 is 12.1 Å². The van der Waals surface area contributed by atoms with Crippen LogP contribution < -0.4 is 29.7 Å². The summed E-state index contributed by atoms with van der Waals surface area (Å²) in [5.41, 5.74) is 2.54. The molecule has 0 saturated heterocycles. The standard InChI is InChI=1S/C32H40N4O10/c1-32(2,3)46-31(39)33-22(30(38)44-8)17-45-16-19-15-36(35-34-19)23-11-9-18-13-26(41-5)28(42-6)29(43-7)27(18)20-10-12-25(40-4)24(37)14-21(20)23/h10,12-15,22-23H,9,11,16-17H2,1-8H3,(H,33,39)/t22-,23-/m0/s1. The Morgan fingerprint density at radius 1 is 1.00 bits per heavy atom. The molecule has 1 heterocycles. The van der Waals surface area contributed by atoms with Gasteiger partial charge in [0.1, 0.15) is 11.3 Å². The van der Waals surface area contributed by atoms with Gasteiger partial charge < -0.3 is 38.5 Å². The Morgan fingerprint density at radius 2 is 1.72 bits per heavy atom. The van der Waals surface area contributed by atoms with Crippen molar-refractivity contribution in [3.8, 4) is 34.1 Å². The number of carbonyl (C=O) groups excluding carboxylic acids is 2. The first-order chi connectivity index (χ1) is 21.9. The summed E-state index contributed by atoms with van der Waals surface area (Å²) in [5.74, 6) is 0.919. The van der Waals surface area contributed by atoms with Gasteiger partial charge in [0.2, 0.25) is 11.2 Å². The van der Waals surface area contributed by atoms with E-state index in [-0.39, 0.29) is 24.4 Å². The molecule has 0 aliphatic heterocycles. The minimum Gasteiger partial charge on any atom is -0.493 e. The largest absolute Gasteiger partial charge is 0.493 e. The van der Waals surface area contributed by atoms with Gasteiger partial charge in [-0.25, -0.2) is 14.3 Å². The zero-order valence-corrected chi connectivity index (χ0v) is 27.3. The van der Waals surface area contributed by atoms with Crippen molar-refractivity contribution in [1.29, 1.82) is 0 Å². The van der Waals surface area contributed by atoms with E-state index in [4.69, 9.17) is 33.2 Å². The molecule has 0 saturated carbocycles. The SMILES string of the molecule is COC(=O)[C@H](COCc1cn([C@H]2CCc3cc(OC)c(OC)c(OC)c3-c3ccc(OC)c(=O)cc32)nn1)NC(=O)OC(C)(C)C. The highest BCUT2D eigenvalue weighted by Crippen LogP contribution is 2.50. The number of aromatic nitrogens is 3. The second-order valence-corrected chi connectivity index (χ2v) is 11.4. The molecule has 0 radical (unpaired) electrons. The van der Waals surface area contributed by atoms with Gasteiger partial charge in [0.05, 0.1) is 61.0 Å². The van der Waals surface area contributed by atoms with E-state index < -0.39 is 29.7 Å². The van der Waals surface area contributed by atoms with E-state index in [2.05, 4.69) is 15.6 Å². The first-order valence-electron chi connectivity index (χ1n) is 14.5. The van der Waals surface area contributed by atoms with Crippen molar-refractivity contribution in [2.45, 2.75) is 57.9 Å². The molecule has 1 aliphatic rings. The molecule has 14 nitrogen and oxygen atoms in total. The molecule has 1 aromatic heterocycles. The van der Waals surface area contributed by atoms with Crippen molar-refractivity contribution < 1.29 is 42.7 Å². The molecule has 1 N–H and O–H groups in total. The fourth-order valence-electron chi connectivity index (χ4n) is 5.30. The van der Waals surface area contributed by atoms with Crippen LogP contribution in [0.1, 0.15) is 50.1 Å². The molecule has 0 fully saturated rings. The molecular formula is C32H40N4O10. The molecule has 14 heteroatoms. The zero-order valence-electron chi connectivity index (χ0n) is 27.3. The average Bonchev–Trinajstić information content (AvgIpc) is 3.34. The molecule has 2 aromatic carbocycles. The number of benzene rings is 1. The predicted molar refractivity (Wildman–Crippen MR) is 166 cm³/mol. The highest BCUT2D eigenvalue weighted by molar-refractivity contribution is 5.83. The lowest BCUT2D eigenvalue weighted by Gasteiger charge is -2.22. The molecule has 1 aliphatic carbocycles. The second-order valence-electron chi connectivity index (χ2n) is 11.4. The summed E-state index contributed by atoms with van der Waals surface area (Å²) >= 11 is 0. The third-order valence-corrected chi connectivity index (χ3v) is 7.28. The second kappa shape index (κ2) is 14.5. The summed E-state index contributed by atoms with van der Waals surface area (Å²) in [4.78, 5) is 37.7. The summed E-state index contributed by atoms with van der Waals surface area (Å²) < 4.78 is 39.9. The van der Waals surface area contributed by atoms with Crippen LogP contribution in [0.3, 0.4) is 0 Å². The number of alkyl carbamates (subject to hydrolysis) is 1. The van der Waals surface area contributed by atoms with Crippen LogP contribution in [0.5, 0.6) is 23.0 Å². The molecule has 2 atom stereocenters. The Labute approximate surface area is 266 Å². The number of aryl methyl sites for hydroxylation is 1. The van der Waals surface area contributed by atoms with Crippen LogP contribution in [0.15, 0.2) is 35.3 Å². The topological polar surface area (TPSA) is 159 Å². The van der Waals surface area contributed by atoms with Gasteiger partial charge in [0, 0.05) is 5.56 Å². The molecule has 0 unspecified atom stereocenters. The highest BCUT2D eigenvalue weighted by Gasteiger charge is 2.31. The Balaban J connectivity index is 1.65. The maximum absolute atomic E-state index is 13.2. The number of hydrogen-bond donors (Lipinski definition) is 1. The van der Waals surface area contributed by atoms with E-state index >= 15 is 0 Å². The normalized spacial score (nSPS) is 14.6. The Bertz CT molecular complexity index is 1630. The minimum absolute atomic E-state index is 0.0191. The number of nitrogens with one attached hydrogen (secondary N) is 1. The van der Waals surface area contributed by atoms with Crippen molar-refractivity contribution in [3.63, 3.8) is 0 Å². The maximum Gasteiger partial charge on any atom is 0.408 e. The fraction of sp³-hybridized carbons (Fsp3) is 0.469. The summed E-state index contributed by atoms with van der Waals surface area (Å²) in [6.45, 7) is 4.92. The summed E-state index contributed by atoms with van der Waals surface area (Å²) in [7, 11) is 7.31. The van der Waals surface area contributed by atoms with Gasteiger partial charge in [-0.05, 0) is 68.5 Å². The summed E-state index contributed by atoms with van der Waals surface area (Å²) in [5, 5.41) is 11.1. The van der Waals surface area contributed by atoms with Crippen LogP contribution in [0, 0.1) is 0 Å². The van der Waals surface area contributed by atoms with E-state index in [0.717, 1.165) is 16.7 Å². The number of methoxy groups -OCH3 is 5. The maximum atomic E-state index is 13.2. The van der Waals surface area contributed by atoms with E-state index in [9.17, 15) is 14.4 Å². The van der Waals surface area contributed by atoms with Gasteiger partial charge >= 0.3 is 12.1 Å². The van der Waals surface area contributed by atoms with Gasteiger partial charge in [-0.2, -0.15) is 0 Å².